The molecule has 12 heteroatoms. The number of carbonyl (C=O) groups excluding carboxylic acids is 6. The molecule has 12 nitrogen and oxygen atoms in total. The van der Waals surface area contributed by atoms with Crippen LogP contribution in [0.25, 0.3) is 0 Å². The van der Waals surface area contributed by atoms with E-state index < -0.39 is 55.0 Å². The van der Waals surface area contributed by atoms with Gasteiger partial charge in [0.05, 0.1) is 30.4 Å². The van der Waals surface area contributed by atoms with E-state index in [-0.39, 0.29) is 29.9 Å². The van der Waals surface area contributed by atoms with E-state index in [2.05, 4.69) is 5.32 Å². The minimum atomic E-state index is -1.17. The standard InChI is InChI=1S/C23H26N4O8/c1-14(25-8-10-34-11-9-25)20(30)24-12-19(29)35-13-26-18(28)7-6-17(23(26)33)27-21(31)15-4-2-3-5-16(15)22(27)32/h2-5,14,17H,6-13H2,1H3,(H,24,30)/t14?,17-/m0/s1. The number of nitrogens with one attached hydrogen (secondary N) is 1. The van der Waals surface area contributed by atoms with Gasteiger partial charge in [-0.15, -0.1) is 0 Å². The van der Waals surface area contributed by atoms with Crippen LogP contribution in [0.15, 0.2) is 24.3 Å². The van der Waals surface area contributed by atoms with Crippen LogP contribution in [0.3, 0.4) is 0 Å². The van der Waals surface area contributed by atoms with Gasteiger partial charge in [0.1, 0.15) is 12.6 Å². The summed E-state index contributed by atoms with van der Waals surface area (Å²) in [5, 5.41) is 2.48. The van der Waals surface area contributed by atoms with Gasteiger partial charge in [0.25, 0.3) is 17.7 Å². The molecular weight excluding hydrogens is 460 g/mol. The highest BCUT2D eigenvalue weighted by atomic mass is 16.5. The van der Waals surface area contributed by atoms with Crippen LogP contribution < -0.4 is 5.32 Å². The third-order valence-corrected chi connectivity index (χ3v) is 6.36. The Morgan fingerprint density at radius 1 is 1.09 bits per heavy atom. The van der Waals surface area contributed by atoms with Crippen molar-refractivity contribution >= 4 is 35.5 Å². The Morgan fingerprint density at radius 2 is 1.71 bits per heavy atom. The molecule has 4 rings (SSSR count). The maximum atomic E-state index is 13.0. The number of carbonyl (C=O) groups is 6. The molecule has 2 saturated heterocycles. The number of hydrogen-bond donors (Lipinski definition) is 1. The van der Waals surface area contributed by atoms with Crippen LogP contribution in [-0.4, -0.2) is 102 Å². The molecule has 3 aliphatic rings. The number of morpholine rings is 1. The Hall–Kier alpha value is -3.64. The van der Waals surface area contributed by atoms with Crippen LogP contribution in [0.5, 0.6) is 0 Å². The number of ether oxygens (including phenoxy) is 2. The number of amides is 5. The smallest absolute Gasteiger partial charge is 0.327 e. The SMILES string of the molecule is CC(C(=O)NCC(=O)OCN1C(=O)CC[C@H](N2C(=O)c3ccccc3C2=O)C1=O)N1CCOCC1. The quantitative estimate of drug-likeness (QED) is 0.385. The van der Waals surface area contributed by atoms with Crippen molar-refractivity contribution in [1.29, 1.82) is 0 Å². The summed E-state index contributed by atoms with van der Waals surface area (Å²) in [4.78, 5) is 78.8. The van der Waals surface area contributed by atoms with Gasteiger partial charge in [-0.1, -0.05) is 12.1 Å². The first kappa shape index (κ1) is 24.5. The summed E-state index contributed by atoms with van der Waals surface area (Å²) in [6, 6.07) is 4.60. The van der Waals surface area contributed by atoms with Crippen LogP contribution in [0, 0.1) is 0 Å². The highest BCUT2D eigenvalue weighted by Crippen LogP contribution is 2.28. The summed E-state index contributed by atoms with van der Waals surface area (Å²) in [5.74, 6) is -3.79. The molecule has 2 atom stereocenters. The molecule has 0 aromatic heterocycles. The average Bonchev–Trinajstić information content (AvgIpc) is 3.12. The molecule has 35 heavy (non-hydrogen) atoms. The third-order valence-electron chi connectivity index (χ3n) is 6.36. The van der Waals surface area contributed by atoms with Crippen LogP contribution in [0.2, 0.25) is 0 Å². The zero-order chi connectivity index (χ0) is 25.1. The third kappa shape index (κ3) is 4.93. The Kier molecular flexibility index (Phi) is 7.22. The lowest BCUT2D eigenvalue weighted by atomic mass is 10.0. The van der Waals surface area contributed by atoms with Crippen molar-refractivity contribution in [1.82, 2.24) is 20.0 Å². The second-order valence-electron chi connectivity index (χ2n) is 8.43. The lowest BCUT2D eigenvalue weighted by Crippen LogP contribution is -2.56. The molecule has 1 N–H and O–H groups in total. The van der Waals surface area contributed by atoms with E-state index >= 15 is 0 Å². The lowest BCUT2D eigenvalue weighted by Gasteiger charge is -2.34. The van der Waals surface area contributed by atoms with E-state index in [1.54, 1.807) is 19.1 Å². The number of imide groups is 2. The number of esters is 1. The first-order valence-electron chi connectivity index (χ1n) is 11.4. The highest BCUT2D eigenvalue weighted by molar-refractivity contribution is 6.23. The lowest BCUT2D eigenvalue weighted by molar-refractivity contribution is -0.163. The van der Waals surface area contributed by atoms with Crippen molar-refractivity contribution in [2.45, 2.75) is 31.8 Å². The molecule has 0 radical (unpaired) electrons. The second-order valence-corrected chi connectivity index (χ2v) is 8.43. The number of hydrogen-bond acceptors (Lipinski definition) is 9. The molecule has 3 heterocycles. The molecule has 0 bridgehead atoms. The number of fused-ring (bicyclic) bond motifs is 1. The fourth-order valence-corrected chi connectivity index (χ4v) is 4.31. The molecular formula is C23H26N4O8. The predicted octanol–water partition coefficient (Wildman–Crippen LogP) is -0.862. The van der Waals surface area contributed by atoms with Crippen molar-refractivity contribution < 1.29 is 38.2 Å². The molecule has 2 fully saturated rings. The molecule has 0 spiro atoms. The zero-order valence-corrected chi connectivity index (χ0v) is 19.2. The maximum absolute atomic E-state index is 13.0. The number of likely N-dealkylation sites (tertiary alicyclic amines) is 1. The average molecular weight is 486 g/mol. The number of nitrogens with zero attached hydrogens (tertiary/aromatic N) is 3. The first-order valence-corrected chi connectivity index (χ1v) is 11.4. The molecule has 1 aromatic carbocycles. The topological polar surface area (TPSA) is 143 Å². The molecule has 186 valence electrons. The summed E-state index contributed by atoms with van der Waals surface area (Å²) in [7, 11) is 0. The van der Waals surface area contributed by atoms with Gasteiger partial charge in [0.2, 0.25) is 11.8 Å². The largest absolute Gasteiger partial charge is 0.442 e. The summed E-state index contributed by atoms with van der Waals surface area (Å²) in [6.07, 6.45) is -0.113. The van der Waals surface area contributed by atoms with Crippen LogP contribution >= 0.6 is 0 Å². The molecule has 1 aromatic rings. The van der Waals surface area contributed by atoms with Crippen molar-refractivity contribution in [2.24, 2.45) is 0 Å². The Bertz CT molecular complexity index is 1030. The number of benzene rings is 1. The second kappa shape index (κ2) is 10.3. The minimum absolute atomic E-state index is 0.0108. The summed E-state index contributed by atoms with van der Waals surface area (Å²) >= 11 is 0. The molecule has 0 aliphatic carbocycles. The summed E-state index contributed by atoms with van der Waals surface area (Å²) < 4.78 is 10.3. The molecule has 1 unspecified atom stereocenters. The van der Waals surface area contributed by atoms with Crippen LogP contribution in [-0.2, 0) is 28.7 Å². The minimum Gasteiger partial charge on any atom is -0.442 e. The molecule has 0 saturated carbocycles. The Balaban J connectivity index is 1.31. The van der Waals surface area contributed by atoms with E-state index in [1.165, 1.54) is 12.1 Å². The monoisotopic (exact) mass is 486 g/mol. The maximum Gasteiger partial charge on any atom is 0.327 e. The molecule has 3 aliphatic heterocycles. The fraction of sp³-hybridized carbons (Fsp3) is 0.478. The zero-order valence-electron chi connectivity index (χ0n) is 19.2. The van der Waals surface area contributed by atoms with E-state index in [9.17, 15) is 28.8 Å². The summed E-state index contributed by atoms with van der Waals surface area (Å²) in [6.45, 7) is 2.87. The van der Waals surface area contributed by atoms with E-state index in [0.29, 0.717) is 31.2 Å². The van der Waals surface area contributed by atoms with Crippen LogP contribution in [0.4, 0.5) is 0 Å². The Labute approximate surface area is 201 Å². The number of rotatable bonds is 7. The normalized spacial score (nSPS) is 21.7. The molecule has 5 amide bonds. The van der Waals surface area contributed by atoms with Crippen molar-refractivity contribution in [2.75, 3.05) is 39.6 Å². The summed E-state index contributed by atoms with van der Waals surface area (Å²) in [5.41, 5.74) is 0.393. The van der Waals surface area contributed by atoms with E-state index in [1.807, 2.05) is 4.90 Å². The van der Waals surface area contributed by atoms with Gasteiger partial charge in [-0.25, -0.2) is 4.90 Å². The van der Waals surface area contributed by atoms with Crippen molar-refractivity contribution in [3.05, 3.63) is 35.4 Å². The van der Waals surface area contributed by atoms with E-state index in [0.717, 1.165) is 4.90 Å². The van der Waals surface area contributed by atoms with Gasteiger partial charge in [0.15, 0.2) is 6.73 Å². The van der Waals surface area contributed by atoms with Crippen molar-refractivity contribution in [3.63, 3.8) is 0 Å². The highest BCUT2D eigenvalue weighted by Gasteiger charge is 2.47. The van der Waals surface area contributed by atoms with Gasteiger partial charge in [-0.3, -0.25) is 38.6 Å². The van der Waals surface area contributed by atoms with Crippen LogP contribution in [0.1, 0.15) is 40.5 Å². The van der Waals surface area contributed by atoms with Crippen molar-refractivity contribution in [3.8, 4) is 0 Å². The number of piperidine rings is 1. The van der Waals surface area contributed by atoms with Gasteiger partial charge in [0, 0.05) is 19.5 Å². The first-order chi connectivity index (χ1) is 16.8. The predicted molar refractivity (Wildman–Crippen MR) is 118 cm³/mol. The fourth-order valence-electron chi connectivity index (χ4n) is 4.31. The van der Waals surface area contributed by atoms with E-state index in [4.69, 9.17) is 9.47 Å². The Morgan fingerprint density at radius 3 is 2.34 bits per heavy atom. The van der Waals surface area contributed by atoms with Gasteiger partial charge in [-0.05, 0) is 25.5 Å². The van der Waals surface area contributed by atoms with Gasteiger partial charge >= 0.3 is 5.97 Å². The van der Waals surface area contributed by atoms with Gasteiger partial charge < -0.3 is 14.8 Å². The van der Waals surface area contributed by atoms with Gasteiger partial charge in [-0.2, -0.15) is 0 Å².